The Balaban J connectivity index is 2.88. The van der Waals surface area contributed by atoms with Crippen molar-refractivity contribution in [1.82, 2.24) is 4.98 Å². The van der Waals surface area contributed by atoms with Crippen LogP contribution < -0.4 is 5.32 Å². The lowest BCUT2D eigenvalue weighted by molar-refractivity contribution is -0.384. The first-order valence-corrected chi connectivity index (χ1v) is 5.91. The van der Waals surface area contributed by atoms with Gasteiger partial charge in [-0.2, -0.15) is 0 Å². The van der Waals surface area contributed by atoms with Gasteiger partial charge in [-0.25, -0.2) is 4.98 Å². The molecule has 1 heterocycles. The molecule has 1 aromatic rings. The van der Waals surface area contributed by atoms with Crippen molar-refractivity contribution in [1.29, 1.82) is 0 Å². The molecule has 0 aliphatic carbocycles. The van der Waals surface area contributed by atoms with E-state index in [0.29, 0.717) is 10.9 Å². The highest BCUT2D eigenvalue weighted by Crippen LogP contribution is 2.25. The number of aromatic nitrogens is 1. The van der Waals surface area contributed by atoms with E-state index in [9.17, 15) is 15.2 Å². The molecule has 7 heteroatoms. The summed E-state index contributed by atoms with van der Waals surface area (Å²) in [6.07, 6.45) is 2.01. The second kappa shape index (κ2) is 5.42. The molecule has 0 spiro atoms. The normalized spacial score (nSPS) is 14.1. The summed E-state index contributed by atoms with van der Waals surface area (Å²) >= 11 is 3.12. The summed E-state index contributed by atoms with van der Waals surface area (Å²) in [5.41, 5.74) is -1.03. The van der Waals surface area contributed by atoms with Gasteiger partial charge in [-0.05, 0) is 29.3 Å². The van der Waals surface area contributed by atoms with Crippen molar-refractivity contribution in [2.75, 3.05) is 11.9 Å². The third kappa shape index (κ3) is 3.94. The first-order chi connectivity index (χ1) is 7.85. The highest BCUT2D eigenvalue weighted by molar-refractivity contribution is 9.10. The monoisotopic (exact) mass is 303 g/mol. The molecule has 0 fully saturated rings. The van der Waals surface area contributed by atoms with Crippen LogP contribution in [0.1, 0.15) is 20.3 Å². The zero-order chi connectivity index (χ0) is 13.1. The van der Waals surface area contributed by atoms with Crippen LogP contribution in [0, 0.1) is 10.1 Å². The Morgan fingerprint density at radius 3 is 2.88 bits per heavy atom. The van der Waals surface area contributed by atoms with Gasteiger partial charge >= 0.3 is 5.69 Å². The second-order valence-corrected chi connectivity index (χ2v) is 4.90. The molecular formula is C10H14BrN3O3. The summed E-state index contributed by atoms with van der Waals surface area (Å²) in [5, 5.41) is 23.4. The molecule has 2 N–H and O–H groups in total. The molecule has 1 rings (SSSR count). The molecule has 0 bridgehead atoms. The van der Waals surface area contributed by atoms with E-state index in [1.54, 1.807) is 6.92 Å². The van der Waals surface area contributed by atoms with E-state index in [4.69, 9.17) is 0 Å². The van der Waals surface area contributed by atoms with Gasteiger partial charge in [-0.15, -0.1) is 0 Å². The highest BCUT2D eigenvalue weighted by Gasteiger charge is 2.21. The Morgan fingerprint density at radius 2 is 2.35 bits per heavy atom. The summed E-state index contributed by atoms with van der Waals surface area (Å²) in [4.78, 5) is 14.2. The van der Waals surface area contributed by atoms with Crippen molar-refractivity contribution in [2.24, 2.45) is 0 Å². The molecular weight excluding hydrogens is 290 g/mol. The van der Waals surface area contributed by atoms with Crippen LogP contribution in [0.4, 0.5) is 11.5 Å². The molecule has 0 saturated heterocycles. The summed E-state index contributed by atoms with van der Waals surface area (Å²) in [6, 6.07) is 1.37. The van der Waals surface area contributed by atoms with Crippen LogP contribution in [-0.2, 0) is 0 Å². The van der Waals surface area contributed by atoms with Gasteiger partial charge < -0.3 is 10.4 Å². The molecule has 6 nitrogen and oxygen atoms in total. The van der Waals surface area contributed by atoms with E-state index in [1.165, 1.54) is 12.3 Å². The summed E-state index contributed by atoms with van der Waals surface area (Å²) in [6.45, 7) is 3.70. The van der Waals surface area contributed by atoms with Gasteiger partial charge in [0.1, 0.15) is 0 Å². The fraction of sp³-hybridized carbons (Fsp3) is 0.500. The van der Waals surface area contributed by atoms with Crippen LogP contribution >= 0.6 is 15.9 Å². The van der Waals surface area contributed by atoms with Crippen LogP contribution in [0.25, 0.3) is 0 Å². The van der Waals surface area contributed by atoms with Crippen molar-refractivity contribution in [3.63, 3.8) is 0 Å². The predicted octanol–water partition coefficient (Wildman–Crippen LogP) is 2.33. The first kappa shape index (κ1) is 13.9. The lowest BCUT2D eigenvalue weighted by Gasteiger charge is -2.21. The zero-order valence-corrected chi connectivity index (χ0v) is 11.2. The summed E-state index contributed by atoms with van der Waals surface area (Å²) < 4.78 is 0.539. The van der Waals surface area contributed by atoms with E-state index in [0.717, 1.165) is 0 Å². The molecule has 94 valence electrons. The Labute approximate surface area is 107 Å². The number of pyridine rings is 1. The molecule has 1 atom stereocenters. The minimum absolute atomic E-state index is 0.119. The number of nitro groups is 1. The second-order valence-electron chi connectivity index (χ2n) is 3.98. The van der Waals surface area contributed by atoms with Gasteiger partial charge in [0.15, 0.2) is 0 Å². The van der Waals surface area contributed by atoms with Crippen molar-refractivity contribution >= 4 is 27.4 Å². The Kier molecular flexibility index (Phi) is 4.41. The van der Waals surface area contributed by atoms with Gasteiger partial charge in [-0.1, -0.05) is 6.92 Å². The van der Waals surface area contributed by atoms with Gasteiger partial charge in [0.05, 0.1) is 10.5 Å². The van der Waals surface area contributed by atoms with Crippen molar-refractivity contribution in [2.45, 2.75) is 25.9 Å². The van der Waals surface area contributed by atoms with Crippen molar-refractivity contribution in [3.8, 4) is 0 Å². The van der Waals surface area contributed by atoms with Crippen molar-refractivity contribution in [3.05, 3.63) is 26.9 Å². The number of hydrogen-bond donors (Lipinski definition) is 2. The van der Waals surface area contributed by atoms with E-state index >= 15 is 0 Å². The third-order valence-corrected chi connectivity index (χ3v) is 2.86. The quantitative estimate of drug-likeness (QED) is 0.644. The van der Waals surface area contributed by atoms with Gasteiger partial charge in [0, 0.05) is 23.3 Å². The largest absolute Gasteiger partial charge is 0.388 e. The van der Waals surface area contributed by atoms with Crippen LogP contribution in [0.3, 0.4) is 0 Å². The molecule has 0 aliphatic rings. The molecule has 1 unspecified atom stereocenters. The lowest BCUT2D eigenvalue weighted by atomic mass is 10.0. The van der Waals surface area contributed by atoms with Crippen LogP contribution in [-0.4, -0.2) is 27.2 Å². The molecule has 0 aliphatic heterocycles. The first-order valence-electron chi connectivity index (χ1n) is 5.12. The fourth-order valence-corrected chi connectivity index (χ4v) is 1.42. The minimum Gasteiger partial charge on any atom is -0.388 e. The maximum atomic E-state index is 10.8. The molecule has 1 aromatic heterocycles. The number of nitrogens with one attached hydrogen (secondary N) is 1. The summed E-state index contributed by atoms with van der Waals surface area (Å²) in [7, 11) is 0. The Morgan fingerprint density at radius 1 is 1.71 bits per heavy atom. The van der Waals surface area contributed by atoms with E-state index < -0.39 is 10.5 Å². The fourth-order valence-electron chi connectivity index (χ4n) is 1.10. The zero-order valence-electron chi connectivity index (χ0n) is 9.61. The van der Waals surface area contributed by atoms with Crippen LogP contribution in [0.5, 0.6) is 0 Å². The van der Waals surface area contributed by atoms with Crippen molar-refractivity contribution < 1.29 is 10.0 Å². The van der Waals surface area contributed by atoms with Crippen LogP contribution in [0.2, 0.25) is 0 Å². The van der Waals surface area contributed by atoms with E-state index in [-0.39, 0.29) is 18.1 Å². The Hall–Kier alpha value is -1.21. The molecule has 17 heavy (non-hydrogen) atoms. The average molecular weight is 304 g/mol. The maximum Gasteiger partial charge on any atom is 0.312 e. The minimum atomic E-state index is -0.914. The van der Waals surface area contributed by atoms with E-state index in [2.05, 4.69) is 26.2 Å². The number of halogens is 1. The summed E-state index contributed by atoms with van der Waals surface area (Å²) in [5.74, 6) is 0.159. The molecule has 0 saturated carbocycles. The Bertz CT molecular complexity index is 423. The standard InChI is InChI=1S/C10H14BrN3O3/c1-3-10(2,15)6-13-9-8(14(16)17)4-7(11)5-12-9/h4-5,15H,3,6H2,1-2H3,(H,12,13). The number of aliphatic hydroxyl groups is 1. The number of anilines is 1. The average Bonchev–Trinajstić information content (AvgIpc) is 2.27. The SMILES string of the molecule is CCC(C)(O)CNc1ncc(Br)cc1[N+](=O)[O-]. The maximum absolute atomic E-state index is 10.8. The van der Waals surface area contributed by atoms with Gasteiger partial charge in [-0.3, -0.25) is 10.1 Å². The number of nitrogens with zero attached hydrogens (tertiary/aromatic N) is 2. The number of hydrogen-bond acceptors (Lipinski definition) is 5. The highest BCUT2D eigenvalue weighted by atomic mass is 79.9. The third-order valence-electron chi connectivity index (χ3n) is 2.43. The molecule has 0 aromatic carbocycles. The lowest BCUT2D eigenvalue weighted by Crippen LogP contribution is -2.32. The van der Waals surface area contributed by atoms with Gasteiger partial charge in [0.25, 0.3) is 0 Å². The number of rotatable bonds is 5. The molecule has 0 radical (unpaired) electrons. The van der Waals surface area contributed by atoms with Gasteiger partial charge in [0.2, 0.25) is 5.82 Å². The topological polar surface area (TPSA) is 88.3 Å². The van der Waals surface area contributed by atoms with E-state index in [1.807, 2.05) is 6.92 Å². The molecule has 0 amide bonds. The smallest absolute Gasteiger partial charge is 0.312 e. The predicted molar refractivity (Wildman–Crippen MR) is 68.0 cm³/mol. The van der Waals surface area contributed by atoms with Crippen LogP contribution in [0.15, 0.2) is 16.7 Å².